The zero-order valence-corrected chi connectivity index (χ0v) is 17.4. The second kappa shape index (κ2) is 9.35. The lowest BCUT2D eigenvalue weighted by molar-refractivity contribution is -0.384. The van der Waals surface area contributed by atoms with E-state index >= 15 is 0 Å². The molecular weight excluding hydrogens is 418 g/mol. The highest BCUT2D eigenvalue weighted by Gasteiger charge is 2.16. The zero-order valence-electron chi connectivity index (χ0n) is 15.8. The Morgan fingerprint density at radius 2 is 1.86 bits per heavy atom. The summed E-state index contributed by atoms with van der Waals surface area (Å²) in [6, 6.07) is 11.0. The van der Waals surface area contributed by atoms with Crippen LogP contribution in [0.15, 0.2) is 42.5 Å². The van der Waals surface area contributed by atoms with Gasteiger partial charge in [0, 0.05) is 28.1 Å². The molecule has 1 heterocycles. The van der Waals surface area contributed by atoms with E-state index in [-0.39, 0.29) is 23.7 Å². The zero-order chi connectivity index (χ0) is 20.3. The van der Waals surface area contributed by atoms with Crippen molar-refractivity contribution >= 4 is 40.5 Å². The van der Waals surface area contributed by atoms with Crippen LogP contribution in [0.2, 0.25) is 0 Å². The maximum absolute atomic E-state index is 12.4. The van der Waals surface area contributed by atoms with Crippen molar-refractivity contribution in [2.24, 2.45) is 0 Å². The molecule has 0 saturated heterocycles. The Morgan fingerprint density at radius 3 is 2.52 bits per heavy atom. The Hall–Kier alpha value is -3.17. The molecule has 0 aliphatic heterocycles. The van der Waals surface area contributed by atoms with E-state index in [2.05, 4.69) is 10.3 Å². The topological polar surface area (TPSA) is 104 Å². The largest absolute Gasteiger partial charge is 0.493 e. The molecule has 0 unspecified atom stereocenters. The highest BCUT2D eigenvalue weighted by molar-refractivity contribution is 7.16. The van der Waals surface area contributed by atoms with Crippen molar-refractivity contribution in [3.63, 3.8) is 0 Å². The molecule has 0 spiro atoms. The number of nitro groups is 1. The molecule has 3 aromatic rings. The number of hydrogen-bond acceptors (Lipinski definition) is 7. The molecular formula is C19H18ClN3O5S. The molecule has 8 nitrogen and oxygen atoms in total. The van der Waals surface area contributed by atoms with Crippen LogP contribution in [-0.2, 0) is 0 Å². The van der Waals surface area contributed by atoms with Crippen molar-refractivity contribution < 1.29 is 19.2 Å². The van der Waals surface area contributed by atoms with Gasteiger partial charge in [-0.05, 0) is 31.2 Å². The number of carbonyl (C=O) groups is 1. The van der Waals surface area contributed by atoms with Crippen molar-refractivity contribution in [1.82, 2.24) is 4.98 Å². The molecule has 0 radical (unpaired) electrons. The first-order valence-electron chi connectivity index (χ1n) is 8.18. The number of benzene rings is 2. The number of aromatic nitrogens is 1. The van der Waals surface area contributed by atoms with Crippen LogP contribution in [0, 0.1) is 17.0 Å². The van der Waals surface area contributed by atoms with Gasteiger partial charge in [-0.25, -0.2) is 4.98 Å². The summed E-state index contributed by atoms with van der Waals surface area (Å²) in [5.74, 6) is 0.726. The predicted octanol–water partition coefficient (Wildman–Crippen LogP) is 4.72. The number of nitro benzene ring substituents is 1. The number of rotatable bonds is 6. The lowest BCUT2D eigenvalue weighted by Gasteiger charge is -2.08. The minimum atomic E-state index is -0.542. The number of ether oxygens (including phenoxy) is 2. The number of thiazole rings is 1. The summed E-state index contributed by atoms with van der Waals surface area (Å²) in [5, 5.41) is 14.0. The van der Waals surface area contributed by atoms with E-state index in [1.165, 1.54) is 35.6 Å². The van der Waals surface area contributed by atoms with Gasteiger partial charge in [-0.2, -0.15) is 0 Å². The summed E-state index contributed by atoms with van der Waals surface area (Å²) in [5.41, 5.74) is 1.58. The number of amides is 1. The van der Waals surface area contributed by atoms with Crippen LogP contribution in [0.4, 0.5) is 10.8 Å². The Kier molecular flexibility index (Phi) is 7.13. The maximum atomic E-state index is 12.4. The SMILES string of the molecule is COc1ccc(-c2nc(NC(=O)c3cccc([N+](=O)[O-])c3)sc2C)cc1OC.Cl. The lowest BCUT2D eigenvalue weighted by atomic mass is 10.1. The van der Waals surface area contributed by atoms with E-state index in [4.69, 9.17) is 9.47 Å². The van der Waals surface area contributed by atoms with E-state index in [0.29, 0.717) is 22.3 Å². The number of non-ortho nitro benzene ring substituents is 1. The standard InChI is InChI=1S/C19H17N3O5S.ClH/c1-11-17(12-7-8-15(26-2)16(10-12)27-3)20-19(28-11)21-18(23)13-5-4-6-14(9-13)22(24)25;/h4-10H,1-3H3,(H,20,21,23);1H. The molecule has 2 aromatic carbocycles. The molecule has 1 aromatic heterocycles. The van der Waals surface area contributed by atoms with Crippen LogP contribution in [0.5, 0.6) is 11.5 Å². The van der Waals surface area contributed by atoms with Crippen molar-refractivity contribution in [3.05, 3.63) is 63.0 Å². The molecule has 0 aliphatic rings. The number of methoxy groups -OCH3 is 2. The molecule has 0 aliphatic carbocycles. The number of anilines is 1. The van der Waals surface area contributed by atoms with Gasteiger partial charge in [0.1, 0.15) is 0 Å². The van der Waals surface area contributed by atoms with Crippen molar-refractivity contribution in [3.8, 4) is 22.8 Å². The Labute approximate surface area is 177 Å². The molecule has 0 atom stereocenters. The van der Waals surface area contributed by atoms with Gasteiger partial charge in [0.2, 0.25) is 0 Å². The number of nitrogens with zero attached hydrogens (tertiary/aromatic N) is 2. The van der Waals surface area contributed by atoms with Crippen LogP contribution in [0.1, 0.15) is 15.2 Å². The van der Waals surface area contributed by atoms with E-state index in [1.807, 2.05) is 19.1 Å². The van der Waals surface area contributed by atoms with Crippen LogP contribution >= 0.6 is 23.7 Å². The smallest absolute Gasteiger partial charge is 0.270 e. The number of nitrogens with one attached hydrogen (secondary N) is 1. The summed E-state index contributed by atoms with van der Waals surface area (Å²) in [7, 11) is 3.12. The van der Waals surface area contributed by atoms with Gasteiger partial charge in [0.05, 0.1) is 24.8 Å². The average Bonchev–Trinajstić information content (AvgIpc) is 3.07. The second-order valence-corrected chi connectivity index (χ2v) is 6.96. The Bertz CT molecular complexity index is 1050. The molecule has 0 fully saturated rings. The molecule has 29 heavy (non-hydrogen) atoms. The normalized spacial score (nSPS) is 10.0. The van der Waals surface area contributed by atoms with Gasteiger partial charge >= 0.3 is 0 Å². The molecule has 1 amide bonds. The van der Waals surface area contributed by atoms with Crippen molar-refractivity contribution in [2.75, 3.05) is 19.5 Å². The van der Waals surface area contributed by atoms with Crippen LogP contribution in [0.3, 0.4) is 0 Å². The lowest BCUT2D eigenvalue weighted by Crippen LogP contribution is -2.11. The molecule has 3 rings (SSSR count). The van der Waals surface area contributed by atoms with Crippen LogP contribution < -0.4 is 14.8 Å². The summed E-state index contributed by atoms with van der Waals surface area (Å²) in [4.78, 5) is 28.2. The third-order valence-electron chi connectivity index (χ3n) is 3.99. The fraction of sp³-hybridized carbons (Fsp3) is 0.158. The van der Waals surface area contributed by atoms with E-state index in [1.54, 1.807) is 20.3 Å². The molecule has 10 heteroatoms. The summed E-state index contributed by atoms with van der Waals surface area (Å²) in [6.07, 6.45) is 0. The van der Waals surface area contributed by atoms with Gasteiger partial charge in [0.15, 0.2) is 16.6 Å². The van der Waals surface area contributed by atoms with Crippen molar-refractivity contribution in [1.29, 1.82) is 0 Å². The van der Waals surface area contributed by atoms with Gasteiger partial charge in [-0.3, -0.25) is 20.2 Å². The van der Waals surface area contributed by atoms with Crippen molar-refractivity contribution in [2.45, 2.75) is 6.92 Å². The summed E-state index contributed by atoms with van der Waals surface area (Å²) >= 11 is 1.32. The first kappa shape index (κ1) is 22.1. The first-order chi connectivity index (χ1) is 13.4. The number of hydrogen-bond donors (Lipinski definition) is 1. The number of carbonyl (C=O) groups excluding carboxylic acids is 1. The third-order valence-corrected chi connectivity index (χ3v) is 4.88. The number of aryl methyl sites for hydroxylation is 1. The average molecular weight is 436 g/mol. The van der Waals surface area contributed by atoms with Gasteiger partial charge in [-0.1, -0.05) is 6.07 Å². The monoisotopic (exact) mass is 435 g/mol. The minimum Gasteiger partial charge on any atom is -0.493 e. The maximum Gasteiger partial charge on any atom is 0.270 e. The summed E-state index contributed by atoms with van der Waals surface area (Å²) in [6.45, 7) is 1.90. The van der Waals surface area contributed by atoms with Gasteiger partial charge in [-0.15, -0.1) is 23.7 Å². The molecule has 0 saturated carbocycles. The molecule has 152 valence electrons. The van der Waals surface area contributed by atoms with E-state index < -0.39 is 10.8 Å². The predicted molar refractivity (Wildman–Crippen MR) is 114 cm³/mol. The molecule has 1 N–H and O–H groups in total. The quantitative estimate of drug-likeness (QED) is 0.444. The number of halogens is 1. The summed E-state index contributed by atoms with van der Waals surface area (Å²) < 4.78 is 10.6. The minimum absolute atomic E-state index is 0. The van der Waals surface area contributed by atoms with Crippen LogP contribution in [-0.4, -0.2) is 30.0 Å². The Balaban J connectivity index is 0.00000300. The van der Waals surface area contributed by atoms with Crippen LogP contribution in [0.25, 0.3) is 11.3 Å². The van der Waals surface area contributed by atoms with E-state index in [9.17, 15) is 14.9 Å². The Morgan fingerprint density at radius 1 is 1.14 bits per heavy atom. The van der Waals surface area contributed by atoms with E-state index in [0.717, 1.165) is 10.4 Å². The third kappa shape index (κ3) is 4.82. The second-order valence-electron chi connectivity index (χ2n) is 5.76. The van der Waals surface area contributed by atoms with Gasteiger partial charge in [0.25, 0.3) is 11.6 Å². The fourth-order valence-electron chi connectivity index (χ4n) is 2.63. The highest BCUT2D eigenvalue weighted by atomic mass is 35.5. The fourth-order valence-corrected chi connectivity index (χ4v) is 3.46. The highest BCUT2D eigenvalue weighted by Crippen LogP contribution is 2.36. The van der Waals surface area contributed by atoms with Gasteiger partial charge < -0.3 is 9.47 Å². The molecule has 0 bridgehead atoms. The first-order valence-corrected chi connectivity index (χ1v) is 9.00.